The van der Waals surface area contributed by atoms with E-state index < -0.39 is 0 Å². The molecule has 2 aromatic heterocycles. The van der Waals surface area contributed by atoms with E-state index in [1.54, 1.807) is 0 Å². The van der Waals surface area contributed by atoms with Crippen LogP contribution in [0.3, 0.4) is 0 Å². The van der Waals surface area contributed by atoms with Crippen LogP contribution in [0.15, 0.2) is 140 Å². The van der Waals surface area contributed by atoms with Gasteiger partial charge >= 0.3 is 0 Å². The summed E-state index contributed by atoms with van der Waals surface area (Å²) in [6.07, 6.45) is 6.68. The van der Waals surface area contributed by atoms with Crippen molar-refractivity contribution in [3.8, 4) is 17.3 Å². The van der Waals surface area contributed by atoms with E-state index in [9.17, 15) is 0 Å². The van der Waals surface area contributed by atoms with Crippen molar-refractivity contribution in [3.05, 3.63) is 186 Å². The van der Waals surface area contributed by atoms with Crippen LogP contribution in [0.2, 0.25) is 0 Å². The third kappa shape index (κ3) is 7.99. The number of rotatable bonds is 7. The van der Waals surface area contributed by atoms with Crippen LogP contribution in [0.1, 0.15) is 116 Å². The van der Waals surface area contributed by atoms with E-state index in [4.69, 9.17) is 9.72 Å². The molecule has 0 unspecified atom stereocenters. The van der Waals surface area contributed by atoms with Crippen molar-refractivity contribution in [1.29, 1.82) is 0 Å². The van der Waals surface area contributed by atoms with Crippen molar-refractivity contribution < 1.29 is 25.8 Å². The predicted octanol–water partition coefficient (Wildman–Crippen LogP) is 15.7. The molecule has 2 aliphatic rings. The summed E-state index contributed by atoms with van der Waals surface area (Å²) in [5.41, 5.74) is 12.5. The largest absolute Gasteiger partial charge is 0.509 e. The summed E-state index contributed by atoms with van der Waals surface area (Å²) in [6, 6.07) is 55.8. The van der Waals surface area contributed by atoms with Gasteiger partial charge in [-0.2, -0.15) is 6.07 Å². The summed E-state index contributed by atoms with van der Waals surface area (Å²) < 4.78 is 9.18. The zero-order chi connectivity index (χ0) is 44.6. The Labute approximate surface area is 400 Å². The molecule has 6 heteroatoms. The number of pyridine rings is 1. The van der Waals surface area contributed by atoms with Crippen LogP contribution in [0.4, 0.5) is 22.7 Å². The molecule has 334 valence electrons. The number of benzene rings is 6. The fourth-order valence-electron chi connectivity index (χ4n) is 10.2. The van der Waals surface area contributed by atoms with Gasteiger partial charge in [0.05, 0.1) is 0 Å². The first-order chi connectivity index (χ1) is 30.6. The molecule has 65 heavy (non-hydrogen) atoms. The first kappa shape index (κ1) is 44.6. The van der Waals surface area contributed by atoms with Gasteiger partial charge in [0.15, 0.2) is 0 Å². The Morgan fingerprint density at radius 2 is 1.23 bits per heavy atom. The standard InChI is InChI=1S/C59H59N4O.Pt/c1-56(2,3)42-34-43(61-39-62(52-27-16-15-26-51(52)61)55-48(57(4,5)6)23-19-24-49(55)58(7,8)9)37-45(35-42)64-44-28-29-47-46-22-13-14-25-50(46)63(53(47)38-44)54-36-41(30-33-60-54)59(31-17-18-32-59)40-20-11-10-12-21-40;/h10-16,19-30,33-36,39H,17-18,31-32H2,1-9H3;/q-3;. The van der Waals surface area contributed by atoms with Gasteiger partial charge in [-0.3, -0.25) is 0 Å². The van der Waals surface area contributed by atoms with Crippen LogP contribution in [0.25, 0.3) is 27.6 Å². The van der Waals surface area contributed by atoms with E-state index in [-0.39, 0.29) is 42.7 Å². The van der Waals surface area contributed by atoms with Crippen LogP contribution in [-0.2, 0) is 42.7 Å². The first-order valence-corrected chi connectivity index (χ1v) is 23.0. The van der Waals surface area contributed by atoms with E-state index in [0.717, 1.165) is 63.1 Å². The summed E-state index contributed by atoms with van der Waals surface area (Å²) in [6.45, 7) is 22.9. The number of ether oxygens (including phenoxy) is 1. The van der Waals surface area contributed by atoms with Crippen molar-refractivity contribution in [2.45, 2.75) is 110 Å². The number of hydrogen-bond acceptors (Lipinski definition) is 4. The minimum atomic E-state index is -0.160. The van der Waals surface area contributed by atoms with Crippen molar-refractivity contribution in [2.75, 3.05) is 9.80 Å². The number of hydrogen-bond donors (Lipinski definition) is 0. The fourth-order valence-corrected chi connectivity index (χ4v) is 10.2. The molecule has 0 saturated heterocycles. The molecule has 0 spiro atoms. The number of anilines is 4. The topological polar surface area (TPSA) is 33.5 Å². The van der Waals surface area contributed by atoms with Crippen LogP contribution >= 0.6 is 0 Å². The molecule has 0 radical (unpaired) electrons. The molecular formula is C59H59N4OPt-3. The van der Waals surface area contributed by atoms with Crippen molar-refractivity contribution in [1.82, 2.24) is 9.55 Å². The van der Waals surface area contributed by atoms with E-state index >= 15 is 0 Å². The molecule has 1 aliphatic heterocycles. The van der Waals surface area contributed by atoms with Gasteiger partial charge in [-0.25, -0.2) is 4.98 Å². The SMILES string of the molecule is CC(C)(C)c1cc(Oc2[c-]c3c(cc2)c2ccccc2n3-c2cc(C3(c4ccccc4)CCCC3)ccn2)[c-]c(N2[CH-]N(c3c(C(C)(C)C)cccc3C(C)(C)C)c3ccccc32)c1.[Pt]. The average molecular weight is 1040 g/mol. The van der Waals surface area contributed by atoms with Crippen LogP contribution in [0.5, 0.6) is 11.5 Å². The summed E-state index contributed by atoms with van der Waals surface area (Å²) in [5.74, 6) is 2.15. The van der Waals surface area contributed by atoms with E-state index in [0.29, 0.717) is 11.5 Å². The van der Waals surface area contributed by atoms with Crippen LogP contribution < -0.4 is 14.5 Å². The average Bonchev–Trinajstić information content (AvgIpc) is 4.01. The monoisotopic (exact) mass is 1030 g/mol. The molecule has 0 bridgehead atoms. The van der Waals surface area contributed by atoms with E-state index in [1.807, 2.05) is 12.3 Å². The maximum atomic E-state index is 6.92. The number of aromatic nitrogens is 2. The van der Waals surface area contributed by atoms with Crippen molar-refractivity contribution >= 4 is 44.6 Å². The number of para-hydroxylation sites is 4. The van der Waals surface area contributed by atoms with E-state index in [1.165, 1.54) is 40.8 Å². The van der Waals surface area contributed by atoms with Gasteiger partial charge in [0.25, 0.3) is 0 Å². The summed E-state index contributed by atoms with van der Waals surface area (Å²) in [7, 11) is 0. The second kappa shape index (κ2) is 16.7. The van der Waals surface area contributed by atoms with Gasteiger partial charge in [-0.15, -0.1) is 53.6 Å². The normalized spacial score (nSPS) is 15.1. The second-order valence-electron chi connectivity index (χ2n) is 21.0. The second-order valence-corrected chi connectivity index (χ2v) is 21.0. The van der Waals surface area contributed by atoms with Crippen molar-refractivity contribution in [3.63, 3.8) is 0 Å². The first-order valence-electron chi connectivity index (χ1n) is 23.0. The van der Waals surface area contributed by atoms with Crippen LogP contribution in [0, 0.1) is 18.8 Å². The van der Waals surface area contributed by atoms with Gasteiger partial charge in [0, 0.05) is 66.8 Å². The zero-order valence-electron chi connectivity index (χ0n) is 39.2. The van der Waals surface area contributed by atoms with Gasteiger partial charge in [-0.1, -0.05) is 160 Å². The smallest absolute Gasteiger partial charge is 0.135 e. The third-order valence-corrected chi connectivity index (χ3v) is 13.6. The Bertz CT molecular complexity index is 3000. The maximum absolute atomic E-state index is 6.92. The fraction of sp³-hybridized carbons (Fsp3) is 0.288. The minimum Gasteiger partial charge on any atom is -0.509 e. The Hall–Kier alpha value is -5.64. The minimum absolute atomic E-state index is 0. The Balaban J connectivity index is 0.00000533. The van der Waals surface area contributed by atoms with E-state index in [2.05, 4.69) is 223 Å². The number of fused-ring (bicyclic) bond motifs is 4. The Kier molecular flexibility index (Phi) is 11.4. The molecule has 0 N–H and O–H groups in total. The third-order valence-electron chi connectivity index (χ3n) is 13.6. The predicted molar refractivity (Wildman–Crippen MR) is 266 cm³/mol. The quantitative estimate of drug-likeness (QED) is 0.149. The molecule has 6 aromatic carbocycles. The van der Waals surface area contributed by atoms with Crippen LogP contribution in [-0.4, -0.2) is 9.55 Å². The summed E-state index contributed by atoms with van der Waals surface area (Å²) in [4.78, 5) is 9.73. The molecule has 10 rings (SSSR count). The molecule has 0 amide bonds. The molecule has 0 atom stereocenters. The zero-order valence-corrected chi connectivity index (χ0v) is 41.5. The number of nitrogens with zero attached hydrogens (tertiary/aromatic N) is 4. The maximum Gasteiger partial charge on any atom is 0.135 e. The molecule has 3 heterocycles. The molecular weight excluding hydrogens is 976 g/mol. The van der Waals surface area contributed by atoms with Gasteiger partial charge in [-0.05, 0) is 87.1 Å². The van der Waals surface area contributed by atoms with Gasteiger partial charge in [0.1, 0.15) is 5.82 Å². The summed E-state index contributed by atoms with van der Waals surface area (Å²) >= 11 is 0. The van der Waals surface area contributed by atoms with Gasteiger partial charge in [0.2, 0.25) is 0 Å². The molecule has 1 fully saturated rings. The van der Waals surface area contributed by atoms with Gasteiger partial charge < -0.3 is 19.1 Å². The Morgan fingerprint density at radius 1 is 0.585 bits per heavy atom. The summed E-state index contributed by atoms with van der Waals surface area (Å²) in [5, 5.41) is 2.26. The molecule has 1 saturated carbocycles. The van der Waals surface area contributed by atoms with Crippen molar-refractivity contribution in [2.24, 2.45) is 0 Å². The molecule has 5 nitrogen and oxygen atoms in total. The Morgan fingerprint density at radius 3 is 1.91 bits per heavy atom. The molecule has 1 aliphatic carbocycles. The molecule has 8 aromatic rings.